The molecule has 1 N–H and O–H groups in total. The lowest BCUT2D eigenvalue weighted by molar-refractivity contribution is -0.137. The molecule has 0 aliphatic heterocycles. The Labute approximate surface area is 231 Å². The standard InChI is InChI=1S/C26H21ClF3N3O4S2/c1-3-12-33(18-7-5-6-17(14-18)26(28,29)30)39(35,36)23-13-16(8-10-20(23)27)24(34)32-25-31-21-11-9-19(37-4-2)15-22(21)38-25/h3,5-11,13-15H,1,4,12H2,2H3,(H,31,32,34). The van der Waals surface area contributed by atoms with Crippen molar-refractivity contribution >= 4 is 59.9 Å². The Morgan fingerprint density at radius 3 is 2.64 bits per heavy atom. The SMILES string of the molecule is C=CCN(c1cccc(C(F)(F)F)c1)S(=O)(=O)c1cc(C(=O)Nc2nc3ccc(OCC)cc3s2)ccc1Cl. The highest BCUT2D eigenvalue weighted by Crippen LogP contribution is 2.35. The molecule has 0 fully saturated rings. The summed E-state index contributed by atoms with van der Waals surface area (Å²) in [6.07, 6.45) is -3.45. The summed E-state index contributed by atoms with van der Waals surface area (Å²) in [7, 11) is -4.51. The summed E-state index contributed by atoms with van der Waals surface area (Å²) in [5.74, 6) is 0.00506. The van der Waals surface area contributed by atoms with Crippen LogP contribution in [-0.2, 0) is 16.2 Å². The molecule has 1 heterocycles. The fourth-order valence-corrected chi connectivity index (χ4v) is 6.46. The number of hydrogen-bond donors (Lipinski definition) is 1. The van der Waals surface area contributed by atoms with E-state index in [1.165, 1.54) is 35.6 Å². The number of benzene rings is 3. The van der Waals surface area contributed by atoms with Crippen LogP contribution in [0, 0.1) is 0 Å². The number of alkyl halides is 3. The summed E-state index contributed by atoms with van der Waals surface area (Å²) in [6.45, 7) is 5.53. The zero-order valence-corrected chi connectivity index (χ0v) is 22.7. The first-order valence-electron chi connectivity index (χ1n) is 11.4. The number of carbonyl (C=O) groups is 1. The van der Waals surface area contributed by atoms with Gasteiger partial charge >= 0.3 is 6.18 Å². The summed E-state index contributed by atoms with van der Waals surface area (Å²) < 4.78 is 74.0. The Bertz CT molecular complexity index is 1660. The third-order valence-corrected chi connectivity index (χ3v) is 8.62. The molecule has 0 aliphatic rings. The number of rotatable bonds is 9. The lowest BCUT2D eigenvalue weighted by Gasteiger charge is -2.24. The van der Waals surface area contributed by atoms with Gasteiger partial charge in [0.25, 0.3) is 15.9 Å². The highest BCUT2D eigenvalue weighted by atomic mass is 35.5. The van der Waals surface area contributed by atoms with Gasteiger partial charge < -0.3 is 4.74 Å². The number of carbonyl (C=O) groups excluding carboxylic acids is 1. The van der Waals surface area contributed by atoms with E-state index in [0.717, 1.165) is 33.3 Å². The van der Waals surface area contributed by atoms with Gasteiger partial charge in [-0.25, -0.2) is 13.4 Å². The molecular weight excluding hydrogens is 575 g/mol. The van der Waals surface area contributed by atoms with Crippen LogP contribution >= 0.6 is 22.9 Å². The number of thiazole rings is 1. The third kappa shape index (κ3) is 6.18. The van der Waals surface area contributed by atoms with E-state index in [2.05, 4.69) is 16.9 Å². The largest absolute Gasteiger partial charge is 0.494 e. The third-order valence-electron chi connectivity index (χ3n) is 5.41. The van der Waals surface area contributed by atoms with E-state index in [0.29, 0.717) is 17.9 Å². The summed E-state index contributed by atoms with van der Waals surface area (Å²) >= 11 is 7.42. The normalized spacial score (nSPS) is 11.8. The van der Waals surface area contributed by atoms with Gasteiger partial charge in [-0.3, -0.25) is 14.4 Å². The molecule has 0 aliphatic carbocycles. The van der Waals surface area contributed by atoms with Gasteiger partial charge in [-0.2, -0.15) is 13.2 Å². The van der Waals surface area contributed by atoms with Crippen molar-refractivity contribution in [3.8, 4) is 5.75 Å². The van der Waals surface area contributed by atoms with Crippen molar-refractivity contribution in [2.75, 3.05) is 22.8 Å². The highest BCUT2D eigenvalue weighted by molar-refractivity contribution is 7.93. The molecule has 0 spiro atoms. The minimum Gasteiger partial charge on any atom is -0.494 e. The van der Waals surface area contributed by atoms with Crippen LogP contribution in [0.25, 0.3) is 10.2 Å². The summed E-state index contributed by atoms with van der Waals surface area (Å²) in [4.78, 5) is 16.9. The second-order valence-corrected chi connectivity index (χ2v) is 11.3. The van der Waals surface area contributed by atoms with Crippen molar-refractivity contribution in [1.29, 1.82) is 0 Å². The first kappa shape index (κ1) is 28.4. The summed E-state index contributed by atoms with van der Waals surface area (Å²) in [5, 5.41) is 2.71. The van der Waals surface area contributed by atoms with Gasteiger partial charge in [-0.1, -0.05) is 35.1 Å². The Kier molecular flexibility index (Phi) is 8.19. The van der Waals surface area contributed by atoms with Crippen molar-refractivity contribution in [3.05, 3.63) is 89.5 Å². The zero-order valence-electron chi connectivity index (χ0n) is 20.3. The molecule has 1 amide bonds. The molecule has 0 saturated heterocycles. The number of anilines is 2. The fourth-order valence-electron chi connectivity index (χ4n) is 3.64. The van der Waals surface area contributed by atoms with Crippen LogP contribution < -0.4 is 14.4 Å². The zero-order chi connectivity index (χ0) is 28.4. The predicted octanol–water partition coefficient (Wildman–Crippen LogP) is 7.00. The lowest BCUT2D eigenvalue weighted by Crippen LogP contribution is -2.32. The fraction of sp³-hybridized carbons (Fsp3) is 0.154. The molecule has 0 bridgehead atoms. The topological polar surface area (TPSA) is 88.6 Å². The maximum Gasteiger partial charge on any atom is 0.416 e. The smallest absolute Gasteiger partial charge is 0.416 e. The molecule has 0 unspecified atom stereocenters. The molecule has 39 heavy (non-hydrogen) atoms. The number of hydrogen-bond acceptors (Lipinski definition) is 6. The molecule has 0 radical (unpaired) electrons. The van der Waals surface area contributed by atoms with E-state index in [9.17, 15) is 26.4 Å². The van der Waals surface area contributed by atoms with Crippen LogP contribution in [0.4, 0.5) is 24.0 Å². The van der Waals surface area contributed by atoms with Crippen molar-refractivity contribution in [2.45, 2.75) is 18.0 Å². The summed E-state index contributed by atoms with van der Waals surface area (Å²) in [5.41, 5.74) is -0.668. The molecule has 1 aromatic heterocycles. The van der Waals surface area contributed by atoms with E-state index >= 15 is 0 Å². The van der Waals surface area contributed by atoms with Crippen LogP contribution in [0.1, 0.15) is 22.8 Å². The minimum atomic E-state index is -4.68. The first-order valence-corrected chi connectivity index (χ1v) is 14.0. The number of fused-ring (bicyclic) bond motifs is 1. The first-order chi connectivity index (χ1) is 18.4. The van der Waals surface area contributed by atoms with Crippen LogP contribution in [0.3, 0.4) is 0 Å². The van der Waals surface area contributed by atoms with Crippen LogP contribution in [0.2, 0.25) is 5.02 Å². The van der Waals surface area contributed by atoms with Crippen LogP contribution in [0.5, 0.6) is 5.75 Å². The molecular formula is C26H21ClF3N3O4S2. The Balaban J connectivity index is 1.66. The van der Waals surface area contributed by atoms with Crippen molar-refractivity contribution < 1.29 is 31.1 Å². The predicted molar refractivity (Wildman–Crippen MR) is 146 cm³/mol. The molecule has 13 heteroatoms. The Morgan fingerprint density at radius 2 is 1.95 bits per heavy atom. The van der Waals surface area contributed by atoms with Crippen LogP contribution in [0.15, 0.2) is 78.2 Å². The molecule has 0 saturated carbocycles. The van der Waals surface area contributed by atoms with Gasteiger partial charge in [0.1, 0.15) is 10.6 Å². The minimum absolute atomic E-state index is 0.0465. The number of aromatic nitrogens is 1. The lowest BCUT2D eigenvalue weighted by atomic mass is 10.2. The second kappa shape index (κ2) is 11.2. The van der Waals surface area contributed by atoms with Gasteiger partial charge in [0.15, 0.2) is 5.13 Å². The van der Waals surface area contributed by atoms with Gasteiger partial charge in [0.05, 0.1) is 39.6 Å². The van der Waals surface area contributed by atoms with Crippen molar-refractivity contribution in [3.63, 3.8) is 0 Å². The molecule has 0 atom stereocenters. The van der Waals surface area contributed by atoms with E-state index in [4.69, 9.17) is 16.3 Å². The quantitative estimate of drug-likeness (QED) is 0.210. The molecule has 3 aromatic carbocycles. The van der Waals surface area contributed by atoms with Crippen LogP contribution in [-0.4, -0.2) is 32.5 Å². The average Bonchev–Trinajstić information content (AvgIpc) is 3.28. The van der Waals surface area contributed by atoms with E-state index in [1.807, 2.05) is 6.92 Å². The van der Waals surface area contributed by atoms with E-state index < -0.39 is 32.6 Å². The van der Waals surface area contributed by atoms with Gasteiger partial charge in [0, 0.05) is 5.56 Å². The number of nitrogens with one attached hydrogen (secondary N) is 1. The Hall–Kier alpha value is -3.61. The van der Waals surface area contributed by atoms with Crippen molar-refractivity contribution in [2.24, 2.45) is 0 Å². The number of nitrogens with zero attached hydrogens (tertiary/aromatic N) is 2. The van der Waals surface area contributed by atoms with Crippen molar-refractivity contribution in [1.82, 2.24) is 4.98 Å². The van der Waals surface area contributed by atoms with Gasteiger partial charge in [-0.15, -0.1) is 6.58 Å². The van der Waals surface area contributed by atoms with Gasteiger partial charge in [-0.05, 0) is 61.5 Å². The Morgan fingerprint density at radius 1 is 1.18 bits per heavy atom. The summed E-state index contributed by atoms with van der Waals surface area (Å²) in [6, 6.07) is 12.8. The maximum absolute atomic E-state index is 13.6. The molecule has 7 nitrogen and oxygen atoms in total. The number of sulfonamides is 1. The van der Waals surface area contributed by atoms with E-state index in [-0.39, 0.29) is 27.9 Å². The molecule has 4 rings (SSSR count). The highest BCUT2D eigenvalue weighted by Gasteiger charge is 2.33. The molecule has 4 aromatic rings. The number of ether oxygens (including phenoxy) is 1. The number of halogens is 4. The second-order valence-electron chi connectivity index (χ2n) is 8.05. The average molecular weight is 596 g/mol. The number of amides is 1. The van der Waals surface area contributed by atoms with Gasteiger partial charge in [0.2, 0.25) is 0 Å². The molecule has 204 valence electrons. The monoisotopic (exact) mass is 595 g/mol. The maximum atomic E-state index is 13.6. The van der Waals surface area contributed by atoms with E-state index in [1.54, 1.807) is 18.2 Å².